The number of hydrogen-bond acceptors (Lipinski definition) is 3. The molecular weight excluding hydrogens is 260 g/mol. The highest BCUT2D eigenvalue weighted by Crippen LogP contribution is 2.29. The molecule has 80 valence electrons. The lowest BCUT2D eigenvalue weighted by Gasteiger charge is -2.21. The predicted octanol–water partition coefficient (Wildman–Crippen LogP) is 2.72. The highest BCUT2D eigenvalue weighted by Gasteiger charge is 2.15. The van der Waals surface area contributed by atoms with Gasteiger partial charge in [0.2, 0.25) is 0 Å². The fourth-order valence-electron chi connectivity index (χ4n) is 1.41. The van der Waals surface area contributed by atoms with Crippen molar-refractivity contribution in [3.05, 3.63) is 20.8 Å². The van der Waals surface area contributed by atoms with E-state index in [9.17, 15) is 0 Å². The van der Waals surface area contributed by atoms with Gasteiger partial charge in [-0.25, -0.2) is 0 Å². The zero-order chi connectivity index (χ0) is 10.6. The topological polar surface area (TPSA) is 15.3 Å². The quantitative estimate of drug-likeness (QED) is 0.890. The number of hydrogen-bond donors (Lipinski definition) is 1. The Morgan fingerprint density at radius 1 is 1.57 bits per heavy atom. The SMILES string of the molecule is CCNC(CN(C)C)c1sccc1Br. The Labute approximate surface area is 98.4 Å². The van der Waals surface area contributed by atoms with Crippen molar-refractivity contribution >= 4 is 27.3 Å². The van der Waals surface area contributed by atoms with Crippen LogP contribution in [0.2, 0.25) is 0 Å². The van der Waals surface area contributed by atoms with Crippen molar-refractivity contribution in [2.24, 2.45) is 0 Å². The number of likely N-dealkylation sites (N-methyl/N-ethyl adjacent to an activating group) is 2. The lowest BCUT2D eigenvalue weighted by molar-refractivity contribution is 0.347. The molecule has 1 aromatic heterocycles. The second kappa shape index (κ2) is 5.85. The van der Waals surface area contributed by atoms with Crippen LogP contribution in [-0.2, 0) is 0 Å². The maximum Gasteiger partial charge on any atom is 0.0555 e. The molecule has 1 unspecified atom stereocenters. The van der Waals surface area contributed by atoms with Crippen molar-refractivity contribution in [3.63, 3.8) is 0 Å². The summed E-state index contributed by atoms with van der Waals surface area (Å²) < 4.78 is 1.22. The van der Waals surface area contributed by atoms with E-state index in [1.807, 2.05) is 0 Å². The molecule has 0 saturated heterocycles. The molecule has 1 aromatic rings. The van der Waals surface area contributed by atoms with E-state index in [2.05, 4.69) is 58.6 Å². The van der Waals surface area contributed by atoms with Gasteiger partial charge in [-0.1, -0.05) is 6.92 Å². The Bertz CT molecular complexity index is 273. The molecule has 14 heavy (non-hydrogen) atoms. The third-order valence-electron chi connectivity index (χ3n) is 1.96. The largest absolute Gasteiger partial charge is 0.308 e. The van der Waals surface area contributed by atoms with Gasteiger partial charge in [0.25, 0.3) is 0 Å². The third-order valence-corrected chi connectivity index (χ3v) is 3.94. The summed E-state index contributed by atoms with van der Waals surface area (Å²) in [6.45, 7) is 4.18. The molecule has 0 spiro atoms. The molecule has 0 fully saturated rings. The van der Waals surface area contributed by atoms with Crippen LogP contribution in [-0.4, -0.2) is 32.1 Å². The van der Waals surface area contributed by atoms with Gasteiger partial charge < -0.3 is 10.2 Å². The minimum atomic E-state index is 0.435. The first-order valence-corrected chi connectivity index (χ1v) is 6.43. The summed E-state index contributed by atoms with van der Waals surface area (Å²) in [7, 11) is 4.21. The van der Waals surface area contributed by atoms with Crippen LogP contribution in [0.25, 0.3) is 0 Å². The first kappa shape index (κ1) is 12.2. The van der Waals surface area contributed by atoms with Crippen molar-refractivity contribution in [2.75, 3.05) is 27.2 Å². The second-order valence-corrected chi connectivity index (χ2v) is 5.31. The molecular formula is C10H17BrN2S. The van der Waals surface area contributed by atoms with E-state index < -0.39 is 0 Å². The summed E-state index contributed by atoms with van der Waals surface area (Å²) in [6, 6.07) is 2.55. The van der Waals surface area contributed by atoms with E-state index in [-0.39, 0.29) is 0 Å². The van der Waals surface area contributed by atoms with Gasteiger partial charge in [0.1, 0.15) is 0 Å². The highest BCUT2D eigenvalue weighted by molar-refractivity contribution is 9.10. The minimum absolute atomic E-state index is 0.435. The van der Waals surface area contributed by atoms with Gasteiger partial charge in [-0.2, -0.15) is 0 Å². The van der Waals surface area contributed by atoms with Gasteiger partial charge in [-0.05, 0) is 48.0 Å². The van der Waals surface area contributed by atoms with Gasteiger partial charge in [-0.3, -0.25) is 0 Å². The van der Waals surface area contributed by atoms with Crippen LogP contribution in [0.3, 0.4) is 0 Å². The van der Waals surface area contributed by atoms with Crippen LogP contribution >= 0.6 is 27.3 Å². The van der Waals surface area contributed by atoms with Gasteiger partial charge in [0, 0.05) is 15.9 Å². The van der Waals surface area contributed by atoms with Crippen molar-refractivity contribution in [3.8, 4) is 0 Å². The van der Waals surface area contributed by atoms with Crippen molar-refractivity contribution < 1.29 is 0 Å². The van der Waals surface area contributed by atoms with Crippen LogP contribution in [0.15, 0.2) is 15.9 Å². The monoisotopic (exact) mass is 276 g/mol. The van der Waals surface area contributed by atoms with E-state index in [1.54, 1.807) is 11.3 Å². The number of nitrogens with zero attached hydrogens (tertiary/aromatic N) is 1. The standard InChI is InChI=1S/C10H17BrN2S/c1-4-12-9(7-13(2)3)10-8(11)5-6-14-10/h5-6,9,12H,4,7H2,1-3H3. The predicted molar refractivity (Wildman–Crippen MR) is 67.0 cm³/mol. The van der Waals surface area contributed by atoms with E-state index in [4.69, 9.17) is 0 Å². The molecule has 0 bridgehead atoms. The number of rotatable bonds is 5. The maximum absolute atomic E-state index is 3.58. The summed E-state index contributed by atoms with van der Waals surface area (Å²) >= 11 is 5.38. The molecule has 0 aliphatic carbocycles. The molecule has 0 aliphatic heterocycles. The van der Waals surface area contributed by atoms with Crippen LogP contribution in [0.1, 0.15) is 17.8 Å². The summed E-state index contributed by atoms with van der Waals surface area (Å²) in [5.74, 6) is 0. The normalized spacial score (nSPS) is 13.5. The van der Waals surface area contributed by atoms with E-state index >= 15 is 0 Å². The average molecular weight is 277 g/mol. The Morgan fingerprint density at radius 3 is 2.71 bits per heavy atom. The van der Waals surface area contributed by atoms with Crippen LogP contribution < -0.4 is 5.32 Å². The van der Waals surface area contributed by atoms with Crippen LogP contribution in [0.5, 0.6) is 0 Å². The molecule has 1 N–H and O–H groups in total. The van der Waals surface area contributed by atoms with Crippen molar-refractivity contribution in [1.82, 2.24) is 10.2 Å². The van der Waals surface area contributed by atoms with Crippen LogP contribution in [0.4, 0.5) is 0 Å². The first-order chi connectivity index (χ1) is 6.65. The van der Waals surface area contributed by atoms with Crippen molar-refractivity contribution in [2.45, 2.75) is 13.0 Å². The Kier molecular flexibility index (Phi) is 5.09. The molecule has 4 heteroatoms. The average Bonchev–Trinajstić information content (AvgIpc) is 2.50. The second-order valence-electron chi connectivity index (χ2n) is 3.51. The van der Waals surface area contributed by atoms with E-state index in [0.29, 0.717) is 6.04 Å². The fourth-order valence-corrected chi connectivity index (χ4v) is 3.12. The Morgan fingerprint density at radius 2 is 2.29 bits per heavy atom. The Hall–Kier alpha value is 0.100. The smallest absolute Gasteiger partial charge is 0.0555 e. The van der Waals surface area contributed by atoms with Gasteiger partial charge in [-0.15, -0.1) is 11.3 Å². The van der Waals surface area contributed by atoms with E-state index in [0.717, 1.165) is 13.1 Å². The molecule has 0 aromatic carbocycles. The van der Waals surface area contributed by atoms with Crippen LogP contribution in [0, 0.1) is 0 Å². The molecule has 2 nitrogen and oxygen atoms in total. The van der Waals surface area contributed by atoms with Crippen molar-refractivity contribution in [1.29, 1.82) is 0 Å². The number of thiophene rings is 1. The molecule has 0 amide bonds. The number of halogens is 1. The zero-order valence-electron chi connectivity index (χ0n) is 8.88. The Balaban J connectivity index is 2.72. The third kappa shape index (κ3) is 3.35. The molecule has 1 atom stereocenters. The maximum atomic E-state index is 3.58. The molecule has 1 rings (SSSR count). The zero-order valence-corrected chi connectivity index (χ0v) is 11.3. The molecule has 1 heterocycles. The first-order valence-electron chi connectivity index (χ1n) is 4.76. The van der Waals surface area contributed by atoms with Gasteiger partial charge in [0.15, 0.2) is 0 Å². The fraction of sp³-hybridized carbons (Fsp3) is 0.600. The number of nitrogens with one attached hydrogen (secondary N) is 1. The summed E-state index contributed by atoms with van der Waals surface area (Å²) in [5.41, 5.74) is 0. The summed E-state index contributed by atoms with van der Waals surface area (Å²) in [6.07, 6.45) is 0. The van der Waals surface area contributed by atoms with Gasteiger partial charge >= 0.3 is 0 Å². The lowest BCUT2D eigenvalue weighted by atomic mass is 10.2. The summed E-state index contributed by atoms with van der Waals surface area (Å²) in [4.78, 5) is 3.60. The molecule has 0 aliphatic rings. The summed E-state index contributed by atoms with van der Waals surface area (Å²) in [5, 5.41) is 5.62. The highest BCUT2D eigenvalue weighted by atomic mass is 79.9. The molecule has 0 saturated carbocycles. The lowest BCUT2D eigenvalue weighted by Crippen LogP contribution is -2.30. The molecule has 0 radical (unpaired) electrons. The minimum Gasteiger partial charge on any atom is -0.308 e. The van der Waals surface area contributed by atoms with E-state index in [1.165, 1.54) is 9.35 Å². The van der Waals surface area contributed by atoms with Gasteiger partial charge in [0.05, 0.1) is 6.04 Å².